The third kappa shape index (κ3) is 3.89. The van der Waals surface area contributed by atoms with E-state index in [1.807, 2.05) is 0 Å². The zero-order chi connectivity index (χ0) is 14.5. The number of aromatic amines is 1. The van der Waals surface area contributed by atoms with Crippen LogP contribution >= 0.6 is 11.8 Å². The van der Waals surface area contributed by atoms with Crippen LogP contribution in [-0.2, 0) is 4.79 Å². The average molecular weight is 297 g/mol. The first-order valence-corrected chi connectivity index (χ1v) is 6.46. The number of rotatable bonds is 4. The fourth-order valence-electron chi connectivity index (χ4n) is 1.33. The van der Waals surface area contributed by atoms with E-state index in [1.165, 1.54) is 18.3 Å². The summed E-state index contributed by atoms with van der Waals surface area (Å²) in [7, 11) is 0. The second-order valence-corrected chi connectivity index (χ2v) is 4.67. The number of aromatic nitrogens is 2. The molecule has 0 spiro atoms. The van der Waals surface area contributed by atoms with E-state index in [2.05, 4.69) is 15.3 Å². The standard InChI is InChI=1S/C12H9F2N3O2S/c13-8-2-1-7(5-9(8)14)16-11(19)6-20-12-15-4-3-10(18)17-12/h1-5H,6H2,(H,16,19)(H,15,17,18). The van der Waals surface area contributed by atoms with E-state index < -0.39 is 17.5 Å². The van der Waals surface area contributed by atoms with Crippen LogP contribution in [0.25, 0.3) is 0 Å². The first-order valence-electron chi connectivity index (χ1n) is 5.47. The summed E-state index contributed by atoms with van der Waals surface area (Å²) in [6.07, 6.45) is 1.33. The Hall–Kier alpha value is -2.22. The monoisotopic (exact) mass is 297 g/mol. The molecule has 2 N–H and O–H groups in total. The lowest BCUT2D eigenvalue weighted by Crippen LogP contribution is -2.15. The Kier molecular flexibility index (Phi) is 4.46. The van der Waals surface area contributed by atoms with Gasteiger partial charge in [-0.3, -0.25) is 9.59 Å². The number of nitrogens with one attached hydrogen (secondary N) is 2. The van der Waals surface area contributed by atoms with E-state index in [0.29, 0.717) is 5.16 Å². The molecule has 1 aromatic heterocycles. The molecule has 1 heterocycles. The van der Waals surface area contributed by atoms with Crippen molar-refractivity contribution in [1.29, 1.82) is 0 Å². The highest BCUT2D eigenvalue weighted by Crippen LogP contribution is 2.15. The van der Waals surface area contributed by atoms with Gasteiger partial charge in [0.05, 0.1) is 5.75 Å². The molecular weight excluding hydrogens is 288 g/mol. The predicted molar refractivity (Wildman–Crippen MR) is 70.6 cm³/mol. The van der Waals surface area contributed by atoms with Gasteiger partial charge in [-0.05, 0) is 12.1 Å². The first-order chi connectivity index (χ1) is 9.54. The molecule has 2 rings (SSSR count). The number of carbonyl (C=O) groups excluding carboxylic acids is 1. The molecule has 0 bridgehead atoms. The summed E-state index contributed by atoms with van der Waals surface area (Å²) >= 11 is 1.02. The van der Waals surface area contributed by atoms with Crippen molar-refractivity contribution in [2.24, 2.45) is 0 Å². The van der Waals surface area contributed by atoms with E-state index in [1.54, 1.807) is 0 Å². The number of hydrogen-bond acceptors (Lipinski definition) is 4. The summed E-state index contributed by atoms with van der Waals surface area (Å²) < 4.78 is 25.7. The van der Waals surface area contributed by atoms with Gasteiger partial charge in [-0.25, -0.2) is 13.8 Å². The van der Waals surface area contributed by atoms with Gasteiger partial charge in [0, 0.05) is 24.0 Å². The Morgan fingerprint density at radius 3 is 2.80 bits per heavy atom. The molecule has 0 aliphatic rings. The highest BCUT2D eigenvalue weighted by molar-refractivity contribution is 7.99. The molecule has 1 amide bonds. The largest absolute Gasteiger partial charge is 0.325 e. The molecular formula is C12H9F2N3O2S. The summed E-state index contributed by atoms with van der Waals surface area (Å²) in [4.78, 5) is 28.9. The van der Waals surface area contributed by atoms with E-state index in [0.717, 1.165) is 23.9 Å². The quantitative estimate of drug-likeness (QED) is 0.666. The van der Waals surface area contributed by atoms with Gasteiger partial charge in [-0.1, -0.05) is 11.8 Å². The molecule has 0 radical (unpaired) electrons. The number of nitrogens with zero attached hydrogens (tertiary/aromatic N) is 1. The topological polar surface area (TPSA) is 74.8 Å². The van der Waals surface area contributed by atoms with Crippen LogP contribution in [0.1, 0.15) is 0 Å². The highest BCUT2D eigenvalue weighted by Gasteiger charge is 2.07. The summed E-state index contributed by atoms with van der Waals surface area (Å²) in [5.74, 6) is -2.47. The van der Waals surface area contributed by atoms with Crippen molar-refractivity contribution in [3.8, 4) is 0 Å². The second kappa shape index (κ2) is 6.29. The van der Waals surface area contributed by atoms with Crippen LogP contribution in [0.5, 0.6) is 0 Å². The van der Waals surface area contributed by atoms with Gasteiger partial charge in [-0.15, -0.1) is 0 Å². The number of hydrogen-bond donors (Lipinski definition) is 2. The minimum atomic E-state index is -1.04. The molecule has 104 valence electrons. The molecule has 8 heteroatoms. The lowest BCUT2D eigenvalue weighted by atomic mass is 10.3. The SMILES string of the molecule is O=C(CSc1nccc(=O)[nH]1)Nc1ccc(F)c(F)c1. The maximum atomic E-state index is 12.9. The molecule has 0 fully saturated rings. The molecule has 0 saturated carbocycles. The van der Waals surface area contributed by atoms with E-state index >= 15 is 0 Å². The van der Waals surface area contributed by atoms with Crippen molar-refractivity contribution in [3.63, 3.8) is 0 Å². The molecule has 0 aliphatic carbocycles. The average Bonchev–Trinajstić information content (AvgIpc) is 2.41. The second-order valence-electron chi connectivity index (χ2n) is 3.70. The van der Waals surface area contributed by atoms with Crippen LogP contribution in [0.4, 0.5) is 14.5 Å². The number of carbonyl (C=O) groups is 1. The summed E-state index contributed by atoms with van der Waals surface area (Å²) in [5, 5.41) is 2.71. The van der Waals surface area contributed by atoms with Crippen molar-refractivity contribution >= 4 is 23.4 Å². The molecule has 0 aliphatic heterocycles. The zero-order valence-electron chi connectivity index (χ0n) is 10.0. The molecule has 0 atom stereocenters. The maximum absolute atomic E-state index is 12.9. The van der Waals surface area contributed by atoms with E-state index in [9.17, 15) is 18.4 Å². The Labute approximate surface area is 116 Å². The van der Waals surface area contributed by atoms with Gasteiger partial charge in [0.2, 0.25) is 5.91 Å². The van der Waals surface area contributed by atoms with Gasteiger partial charge in [-0.2, -0.15) is 0 Å². The van der Waals surface area contributed by atoms with E-state index in [-0.39, 0.29) is 17.0 Å². The fourth-order valence-corrected chi connectivity index (χ4v) is 1.98. The van der Waals surface area contributed by atoms with Gasteiger partial charge in [0.1, 0.15) is 0 Å². The van der Waals surface area contributed by atoms with Crippen LogP contribution in [0, 0.1) is 11.6 Å². The van der Waals surface area contributed by atoms with Crippen LogP contribution in [0.15, 0.2) is 40.4 Å². The lowest BCUT2D eigenvalue weighted by Gasteiger charge is -2.05. The van der Waals surface area contributed by atoms with Crippen molar-refractivity contribution < 1.29 is 13.6 Å². The third-order valence-corrected chi connectivity index (χ3v) is 3.08. The Balaban J connectivity index is 1.92. The van der Waals surface area contributed by atoms with Gasteiger partial charge in [0.25, 0.3) is 5.56 Å². The third-order valence-electron chi connectivity index (χ3n) is 2.19. The van der Waals surface area contributed by atoms with Gasteiger partial charge in [0.15, 0.2) is 16.8 Å². The maximum Gasteiger partial charge on any atom is 0.251 e. The Bertz CT molecular complexity index is 690. The smallest absolute Gasteiger partial charge is 0.251 e. The number of anilines is 1. The molecule has 0 unspecified atom stereocenters. The fraction of sp³-hybridized carbons (Fsp3) is 0.0833. The Morgan fingerprint density at radius 2 is 2.10 bits per heavy atom. The zero-order valence-corrected chi connectivity index (χ0v) is 10.8. The molecule has 2 aromatic rings. The van der Waals surface area contributed by atoms with Crippen LogP contribution in [0.3, 0.4) is 0 Å². The molecule has 20 heavy (non-hydrogen) atoms. The number of H-pyrrole nitrogens is 1. The number of amides is 1. The van der Waals surface area contributed by atoms with Crippen molar-refractivity contribution in [1.82, 2.24) is 9.97 Å². The molecule has 5 nitrogen and oxygen atoms in total. The van der Waals surface area contributed by atoms with Crippen LogP contribution < -0.4 is 10.9 Å². The first kappa shape index (κ1) is 14.2. The van der Waals surface area contributed by atoms with Crippen molar-refractivity contribution in [2.45, 2.75) is 5.16 Å². The van der Waals surface area contributed by atoms with Crippen molar-refractivity contribution in [2.75, 3.05) is 11.1 Å². The summed E-state index contributed by atoms with van der Waals surface area (Å²) in [5.41, 5.74) is -0.160. The highest BCUT2D eigenvalue weighted by atomic mass is 32.2. The normalized spacial score (nSPS) is 10.3. The molecule has 1 aromatic carbocycles. The summed E-state index contributed by atoms with van der Waals surface area (Å²) in [6, 6.07) is 4.32. The van der Waals surface area contributed by atoms with Crippen LogP contribution in [-0.4, -0.2) is 21.6 Å². The van der Waals surface area contributed by atoms with E-state index in [4.69, 9.17) is 0 Å². The number of thioether (sulfide) groups is 1. The van der Waals surface area contributed by atoms with Crippen molar-refractivity contribution in [3.05, 3.63) is 52.5 Å². The predicted octanol–water partition coefficient (Wildman–Crippen LogP) is 1.78. The minimum absolute atomic E-state index is 0.0219. The minimum Gasteiger partial charge on any atom is -0.325 e. The summed E-state index contributed by atoms with van der Waals surface area (Å²) in [6.45, 7) is 0. The Morgan fingerprint density at radius 1 is 1.30 bits per heavy atom. The van der Waals surface area contributed by atoms with Gasteiger partial charge >= 0.3 is 0 Å². The van der Waals surface area contributed by atoms with Crippen LogP contribution in [0.2, 0.25) is 0 Å². The number of benzene rings is 1. The number of halogens is 2. The molecule has 0 saturated heterocycles. The lowest BCUT2D eigenvalue weighted by molar-refractivity contribution is -0.113. The van der Waals surface area contributed by atoms with Gasteiger partial charge < -0.3 is 10.3 Å².